The van der Waals surface area contributed by atoms with E-state index in [1.807, 2.05) is 20.8 Å². The molecule has 17 heavy (non-hydrogen) atoms. The zero-order valence-corrected chi connectivity index (χ0v) is 12.2. The summed E-state index contributed by atoms with van der Waals surface area (Å²) in [4.78, 5) is 13.8. The molecule has 0 aromatic carbocycles. The maximum atomic E-state index is 11.5. The molecule has 0 amide bonds. The monoisotopic (exact) mass is 244 g/mol. The summed E-state index contributed by atoms with van der Waals surface area (Å²) in [5.74, 6) is -0.191. The molecule has 0 bridgehead atoms. The van der Waals surface area contributed by atoms with Crippen molar-refractivity contribution in [1.29, 1.82) is 0 Å². The molecule has 0 rings (SSSR count). The minimum Gasteiger partial charge on any atom is -0.459 e. The average molecular weight is 244 g/mol. The lowest BCUT2D eigenvalue weighted by atomic mass is 10.2. The largest absolute Gasteiger partial charge is 0.459 e. The van der Waals surface area contributed by atoms with Crippen molar-refractivity contribution < 1.29 is 9.53 Å². The van der Waals surface area contributed by atoms with E-state index in [1.165, 1.54) is 0 Å². The van der Waals surface area contributed by atoms with Gasteiger partial charge in [-0.1, -0.05) is 13.8 Å². The molecule has 4 heteroatoms. The third kappa shape index (κ3) is 9.12. The van der Waals surface area contributed by atoms with Crippen LogP contribution in [0.2, 0.25) is 0 Å². The van der Waals surface area contributed by atoms with Crippen LogP contribution in [0.25, 0.3) is 0 Å². The number of hydrogen-bond donors (Lipinski definition) is 1. The second-order valence-corrected chi connectivity index (χ2v) is 5.35. The van der Waals surface area contributed by atoms with Crippen LogP contribution >= 0.6 is 0 Å². The van der Waals surface area contributed by atoms with Crippen LogP contribution in [-0.2, 0) is 9.53 Å². The van der Waals surface area contributed by atoms with Crippen LogP contribution in [0, 0.1) is 0 Å². The van der Waals surface area contributed by atoms with Crippen LogP contribution in [0.1, 0.15) is 41.5 Å². The predicted octanol–water partition coefficient (Wildman–Crippen LogP) is 1.65. The van der Waals surface area contributed by atoms with E-state index in [0.717, 1.165) is 19.6 Å². The Labute approximate surface area is 106 Å². The van der Waals surface area contributed by atoms with E-state index in [-0.39, 0.29) is 12.5 Å². The molecule has 1 unspecified atom stereocenters. The van der Waals surface area contributed by atoms with Crippen LogP contribution in [0.5, 0.6) is 0 Å². The average Bonchev–Trinajstić information content (AvgIpc) is 2.20. The molecule has 0 saturated carbocycles. The van der Waals surface area contributed by atoms with Gasteiger partial charge in [0.15, 0.2) is 0 Å². The first-order valence-corrected chi connectivity index (χ1v) is 6.46. The molecule has 0 spiro atoms. The van der Waals surface area contributed by atoms with Gasteiger partial charge in [-0.25, -0.2) is 0 Å². The number of esters is 1. The molecule has 0 aliphatic rings. The van der Waals surface area contributed by atoms with Crippen LogP contribution < -0.4 is 5.32 Å². The fourth-order valence-corrected chi connectivity index (χ4v) is 1.57. The van der Waals surface area contributed by atoms with E-state index in [9.17, 15) is 4.79 Å². The zero-order valence-electron chi connectivity index (χ0n) is 12.2. The molecule has 102 valence electrons. The second kappa shape index (κ2) is 7.67. The van der Waals surface area contributed by atoms with Gasteiger partial charge < -0.3 is 15.0 Å². The Morgan fingerprint density at radius 2 is 1.82 bits per heavy atom. The first kappa shape index (κ1) is 16.4. The van der Waals surface area contributed by atoms with Crippen molar-refractivity contribution in [2.45, 2.75) is 53.2 Å². The Morgan fingerprint density at radius 1 is 1.29 bits per heavy atom. The molecule has 0 aromatic heterocycles. The number of carbonyl (C=O) groups excluding carboxylic acids is 1. The fourth-order valence-electron chi connectivity index (χ4n) is 1.57. The first-order chi connectivity index (χ1) is 7.78. The molecular weight excluding hydrogens is 216 g/mol. The number of carbonyl (C=O) groups is 1. The van der Waals surface area contributed by atoms with E-state index in [4.69, 9.17) is 4.74 Å². The molecule has 0 saturated heterocycles. The number of hydrogen-bond acceptors (Lipinski definition) is 4. The van der Waals surface area contributed by atoms with E-state index in [2.05, 4.69) is 31.0 Å². The minimum atomic E-state index is -0.402. The van der Waals surface area contributed by atoms with E-state index < -0.39 is 5.60 Å². The highest BCUT2D eigenvalue weighted by atomic mass is 16.6. The Balaban J connectivity index is 3.84. The van der Waals surface area contributed by atoms with Gasteiger partial charge in [0.05, 0.1) is 6.54 Å². The number of nitrogens with one attached hydrogen (secondary N) is 1. The summed E-state index contributed by atoms with van der Waals surface area (Å²) in [6.07, 6.45) is 0. The fraction of sp³-hybridized carbons (Fsp3) is 0.923. The standard InChI is InChI=1S/C13H28N2O2/c1-7-15(8-2)10-11(3)14-9-12(16)17-13(4,5)6/h11,14H,7-10H2,1-6H3. The van der Waals surface area contributed by atoms with Gasteiger partial charge >= 0.3 is 5.97 Å². The molecule has 0 radical (unpaired) electrons. The van der Waals surface area contributed by atoms with Crippen LogP contribution in [-0.4, -0.2) is 48.7 Å². The summed E-state index contributed by atoms with van der Waals surface area (Å²) in [5.41, 5.74) is -0.402. The quantitative estimate of drug-likeness (QED) is 0.691. The van der Waals surface area contributed by atoms with E-state index >= 15 is 0 Å². The summed E-state index contributed by atoms with van der Waals surface area (Å²) in [6.45, 7) is 15.3. The van der Waals surface area contributed by atoms with Gasteiger partial charge in [0, 0.05) is 12.6 Å². The van der Waals surface area contributed by atoms with Crippen LogP contribution in [0.15, 0.2) is 0 Å². The first-order valence-electron chi connectivity index (χ1n) is 6.46. The van der Waals surface area contributed by atoms with Gasteiger partial charge in [-0.3, -0.25) is 4.79 Å². The minimum absolute atomic E-state index is 0.191. The molecule has 0 aliphatic heterocycles. The van der Waals surface area contributed by atoms with Crippen molar-refractivity contribution in [3.05, 3.63) is 0 Å². The third-order valence-corrected chi connectivity index (χ3v) is 2.44. The Hall–Kier alpha value is -0.610. The predicted molar refractivity (Wildman–Crippen MR) is 71.1 cm³/mol. The van der Waals surface area contributed by atoms with Gasteiger partial charge in [-0.2, -0.15) is 0 Å². The number of likely N-dealkylation sites (N-methyl/N-ethyl adjacent to an activating group) is 1. The van der Waals surface area contributed by atoms with E-state index in [0.29, 0.717) is 6.04 Å². The van der Waals surface area contributed by atoms with Crippen molar-refractivity contribution in [2.24, 2.45) is 0 Å². The highest BCUT2D eigenvalue weighted by Crippen LogP contribution is 2.06. The van der Waals surface area contributed by atoms with Gasteiger partial charge in [0.25, 0.3) is 0 Å². The number of rotatable bonds is 7. The molecule has 1 atom stereocenters. The van der Waals surface area contributed by atoms with Crippen molar-refractivity contribution in [2.75, 3.05) is 26.2 Å². The van der Waals surface area contributed by atoms with Gasteiger partial charge in [0.1, 0.15) is 5.60 Å². The summed E-state index contributed by atoms with van der Waals surface area (Å²) < 4.78 is 5.23. The van der Waals surface area contributed by atoms with Crippen LogP contribution in [0.3, 0.4) is 0 Å². The Bertz CT molecular complexity index is 220. The topological polar surface area (TPSA) is 41.6 Å². The Morgan fingerprint density at radius 3 is 2.24 bits per heavy atom. The molecule has 0 fully saturated rings. The highest BCUT2D eigenvalue weighted by molar-refractivity contribution is 5.72. The molecule has 0 heterocycles. The summed E-state index contributed by atoms with van der Waals surface area (Å²) in [7, 11) is 0. The van der Waals surface area contributed by atoms with Crippen molar-refractivity contribution >= 4 is 5.97 Å². The molecule has 1 N–H and O–H groups in total. The highest BCUT2D eigenvalue weighted by Gasteiger charge is 2.16. The van der Waals surface area contributed by atoms with Gasteiger partial charge in [0.2, 0.25) is 0 Å². The SMILES string of the molecule is CCN(CC)CC(C)NCC(=O)OC(C)(C)C. The van der Waals surface area contributed by atoms with Crippen molar-refractivity contribution in [3.8, 4) is 0 Å². The summed E-state index contributed by atoms with van der Waals surface area (Å²) in [6, 6.07) is 0.294. The van der Waals surface area contributed by atoms with Crippen LogP contribution in [0.4, 0.5) is 0 Å². The summed E-state index contributed by atoms with van der Waals surface area (Å²) in [5, 5.41) is 3.19. The third-order valence-electron chi connectivity index (χ3n) is 2.44. The zero-order chi connectivity index (χ0) is 13.5. The van der Waals surface area contributed by atoms with Crippen molar-refractivity contribution in [1.82, 2.24) is 10.2 Å². The molecule has 0 aromatic rings. The smallest absolute Gasteiger partial charge is 0.320 e. The Kier molecular flexibility index (Phi) is 7.39. The maximum absolute atomic E-state index is 11.5. The molecular formula is C13H28N2O2. The van der Waals surface area contributed by atoms with Crippen molar-refractivity contribution in [3.63, 3.8) is 0 Å². The number of ether oxygens (including phenoxy) is 1. The summed E-state index contributed by atoms with van der Waals surface area (Å²) >= 11 is 0. The normalized spacial score (nSPS) is 13.8. The van der Waals surface area contributed by atoms with Gasteiger partial charge in [-0.15, -0.1) is 0 Å². The lowest BCUT2D eigenvalue weighted by Crippen LogP contribution is -2.42. The molecule has 0 aliphatic carbocycles. The maximum Gasteiger partial charge on any atom is 0.320 e. The lowest BCUT2D eigenvalue weighted by molar-refractivity contribution is -0.153. The van der Waals surface area contributed by atoms with E-state index in [1.54, 1.807) is 0 Å². The second-order valence-electron chi connectivity index (χ2n) is 5.35. The number of nitrogens with zero attached hydrogens (tertiary/aromatic N) is 1. The molecule has 4 nitrogen and oxygen atoms in total. The van der Waals surface area contributed by atoms with Gasteiger partial charge in [-0.05, 0) is 40.8 Å². The lowest BCUT2D eigenvalue weighted by Gasteiger charge is -2.24.